The van der Waals surface area contributed by atoms with Crippen LogP contribution in [0.25, 0.3) is 0 Å². The van der Waals surface area contributed by atoms with Gasteiger partial charge < -0.3 is 14.8 Å². The van der Waals surface area contributed by atoms with Gasteiger partial charge in [0.2, 0.25) is 5.91 Å². The standard InChI is InChI=1S/C17H23N3O5S/c21-16(18-8-3-10-25-13-7-11-24-12-13)6-9-19-17-14-4-1-2-5-15(14)26(22,23)20-17/h1-2,4-5,13H,3,6-12H2,(H,18,21)(H,19,20)/t13-/m1/s1. The number of ether oxygens (including phenoxy) is 2. The summed E-state index contributed by atoms with van der Waals surface area (Å²) in [7, 11) is -3.54. The molecule has 0 bridgehead atoms. The highest BCUT2D eigenvalue weighted by molar-refractivity contribution is 7.90. The van der Waals surface area contributed by atoms with Crippen LogP contribution in [0.3, 0.4) is 0 Å². The summed E-state index contributed by atoms with van der Waals surface area (Å²) < 4.78 is 37.2. The molecule has 1 fully saturated rings. The minimum Gasteiger partial charge on any atom is -0.379 e. The number of benzene rings is 1. The third kappa shape index (κ3) is 4.80. The Morgan fingerprint density at radius 2 is 2.23 bits per heavy atom. The van der Waals surface area contributed by atoms with E-state index in [0.717, 1.165) is 19.4 Å². The number of amides is 1. The van der Waals surface area contributed by atoms with Crippen LogP contribution in [0.5, 0.6) is 0 Å². The molecule has 8 nitrogen and oxygen atoms in total. The van der Waals surface area contributed by atoms with Gasteiger partial charge in [-0.05, 0) is 25.0 Å². The Hall–Kier alpha value is -1.97. The van der Waals surface area contributed by atoms with Crippen LogP contribution in [0.1, 0.15) is 24.8 Å². The first-order valence-corrected chi connectivity index (χ1v) is 10.2. The van der Waals surface area contributed by atoms with Crippen molar-refractivity contribution in [2.45, 2.75) is 30.3 Å². The molecule has 1 aromatic carbocycles. The highest BCUT2D eigenvalue weighted by atomic mass is 32.2. The van der Waals surface area contributed by atoms with Gasteiger partial charge in [-0.15, -0.1) is 0 Å². The molecule has 2 N–H and O–H groups in total. The molecule has 0 radical (unpaired) electrons. The van der Waals surface area contributed by atoms with E-state index < -0.39 is 10.0 Å². The summed E-state index contributed by atoms with van der Waals surface area (Å²) in [6.45, 7) is 2.76. The molecule has 0 saturated carbocycles. The van der Waals surface area contributed by atoms with Crippen molar-refractivity contribution in [3.63, 3.8) is 0 Å². The molecule has 1 atom stereocenters. The van der Waals surface area contributed by atoms with Crippen molar-refractivity contribution in [2.24, 2.45) is 4.99 Å². The highest BCUT2D eigenvalue weighted by Crippen LogP contribution is 2.22. The number of aliphatic imine (C=N–C) groups is 1. The van der Waals surface area contributed by atoms with Crippen LogP contribution in [0.4, 0.5) is 0 Å². The van der Waals surface area contributed by atoms with Gasteiger partial charge in [0, 0.05) is 31.7 Å². The van der Waals surface area contributed by atoms with Crippen LogP contribution in [0, 0.1) is 0 Å². The molecule has 1 aromatic rings. The lowest BCUT2D eigenvalue weighted by Crippen LogP contribution is -2.27. The Morgan fingerprint density at radius 3 is 3.04 bits per heavy atom. The maximum Gasteiger partial charge on any atom is 0.263 e. The maximum atomic E-state index is 12.0. The summed E-state index contributed by atoms with van der Waals surface area (Å²) in [5.74, 6) is 0.174. The fourth-order valence-electron chi connectivity index (χ4n) is 2.80. The van der Waals surface area contributed by atoms with Gasteiger partial charge >= 0.3 is 0 Å². The molecule has 3 rings (SSSR count). The number of sulfonamides is 1. The Morgan fingerprint density at radius 1 is 1.38 bits per heavy atom. The van der Waals surface area contributed by atoms with Crippen LogP contribution in [0.15, 0.2) is 34.2 Å². The first-order chi connectivity index (χ1) is 12.6. The van der Waals surface area contributed by atoms with Gasteiger partial charge in [0.15, 0.2) is 0 Å². The van der Waals surface area contributed by atoms with Crippen molar-refractivity contribution >= 4 is 21.8 Å². The molecule has 2 aliphatic rings. The summed E-state index contributed by atoms with van der Waals surface area (Å²) in [4.78, 5) is 16.3. The normalized spacial score (nSPS) is 22.2. The van der Waals surface area contributed by atoms with Crippen molar-refractivity contribution in [3.05, 3.63) is 29.8 Å². The zero-order valence-corrected chi connectivity index (χ0v) is 15.3. The SMILES string of the molecule is O=C(CCN=C1NS(=O)(=O)c2ccccc21)NCCCO[C@@H]1CCOC1. The van der Waals surface area contributed by atoms with Crippen molar-refractivity contribution < 1.29 is 22.7 Å². The minimum absolute atomic E-state index is 0.118. The number of rotatable bonds is 8. The van der Waals surface area contributed by atoms with Gasteiger partial charge in [0.05, 0.1) is 24.2 Å². The molecule has 1 amide bonds. The molecule has 0 spiro atoms. The fraction of sp³-hybridized carbons (Fsp3) is 0.529. The van der Waals surface area contributed by atoms with Crippen molar-refractivity contribution in [3.8, 4) is 0 Å². The number of hydrogen-bond acceptors (Lipinski definition) is 6. The lowest BCUT2D eigenvalue weighted by molar-refractivity contribution is -0.120. The average Bonchev–Trinajstić information content (AvgIpc) is 3.22. The van der Waals surface area contributed by atoms with Crippen molar-refractivity contribution in [2.75, 3.05) is 32.9 Å². The maximum absolute atomic E-state index is 12.0. The van der Waals surface area contributed by atoms with E-state index in [1.807, 2.05) is 0 Å². The van der Waals surface area contributed by atoms with Crippen LogP contribution in [-0.4, -0.2) is 59.2 Å². The number of carbonyl (C=O) groups excluding carboxylic acids is 1. The van der Waals surface area contributed by atoms with Gasteiger partial charge in [-0.1, -0.05) is 12.1 Å². The second kappa shape index (κ2) is 8.61. The van der Waals surface area contributed by atoms with Gasteiger partial charge in [0.1, 0.15) is 5.84 Å². The van der Waals surface area contributed by atoms with Gasteiger partial charge in [-0.2, -0.15) is 0 Å². The van der Waals surface area contributed by atoms with E-state index in [-0.39, 0.29) is 29.9 Å². The van der Waals surface area contributed by atoms with E-state index in [4.69, 9.17) is 9.47 Å². The smallest absolute Gasteiger partial charge is 0.263 e. The van der Waals surface area contributed by atoms with Crippen LogP contribution in [0.2, 0.25) is 0 Å². The largest absolute Gasteiger partial charge is 0.379 e. The topological polar surface area (TPSA) is 106 Å². The Labute approximate surface area is 153 Å². The lowest BCUT2D eigenvalue weighted by Gasteiger charge is -2.09. The molecule has 0 aliphatic carbocycles. The van der Waals surface area contributed by atoms with E-state index in [1.165, 1.54) is 6.07 Å². The van der Waals surface area contributed by atoms with Crippen molar-refractivity contribution in [1.82, 2.24) is 10.0 Å². The molecule has 26 heavy (non-hydrogen) atoms. The molecule has 2 heterocycles. The Bertz CT molecular complexity index is 772. The third-order valence-corrected chi connectivity index (χ3v) is 5.55. The first-order valence-electron chi connectivity index (χ1n) is 8.69. The molecule has 2 aliphatic heterocycles. The predicted molar refractivity (Wildman–Crippen MR) is 95.6 cm³/mol. The lowest BCUT2D eigenvalue weighted by atomic mass is 10.2. The summed E-state index contributed by atoms with van der Waals surface area (Å²) in [6, 6.07) is 6.65. The molecule has 0 unspecified atom stereocenters. The van der Waals surface area contributed by atoms with Crippen molar-refractivity contribution in [1.29, 1.82) is 0 Å². The molecule has 0 aromatic heterocycles. The third-order valence-electron chi connectivity index (χ3n) is 4.16. The number of carbonyl (C=O) groups is 1. The van der Waals surface area contributed by atoms with E-state index in [9.17, 15) is 13.2 Å². The summed E-state index contributed by atoms with van der Waals surface area (Å²) in [5.41, 5.74) is 0.543. The molecular weight excluding hydrogens is 358 g/mol. The van der Waals surface area contributed by atoms with Gasteiger partial charge in [-0.3, -0.25) is 14.5 Å². The van der Waals surface area contributed by atoms with Crippen LogP contribution >= 0.6 is 0 Å². The van der Waals surface area contributed by atoms with E-state index in [1.54, 1.807) is 18.2 Å². The number of nitrogens with zero attached hydrogens (tertiary/aromatic N) is 1. The molecular formula is C17H23N3O5S. The monoisotopic (exact) mass is 381 g/mol. The molecule has 9 heteroatoms. The molecule has 1 saturated heterocycles. The second-order valence-electron chi connectivity index (χ2n) is 6.14. The predicted octanol–water partition coefficient (Wildman–Crippen LogP) is 0.427. The first kappa shape index (κ1) is 18.8. The molecule has 142 valence electrons. The summed E-state index contributed by atoms with van der Waals surface area (Å²) >= 11 is 0. The van der Waals surface area contributed by atoms with Gasteiger partial charge in [-0.25, -0.2) is 8.42 Å². The fourth-order valence-corrected chi connectivity index (χ4v) is 4.05. The number of nitrogens with one attached hydrogen (secondary N) is 2. The number of fused-ring (bicyclic) bond motifs is 1. The number of hydrogen-bond donors (Lipinski definition) is 2. The Kier molecular flexibility index (Phi) is 6.23. The van der Waals surface area contributed by atoms with E-state index in [2.05, 4.69) is 15.0 Å². The average molecular weight is 381 g/mol. The van der Waals surface area contributed by atoms with E-state index in [0.29, 0.717) is 31.2 Å². The summed E-state index contributed by atoms with van der Waals surface area (Å²) in [6.07, 6.45) is 2.05. The highest BCUT2D eigenvalue weighted by Gasteiger charge is 2.29. The zero-order valence-electron chi connectivity index (χ0n) is 14.4. The second-order valence-corrected chi connectivity index (χ2v) is 7.79. The zero-order chi connectivity index (χ0) is 18.4. The van der Waals surface area contributed by atoms with Crippen LogP contribution < -0.4 is 10.0 Å². The van der Waals surface area contributed by atoms with Gasteiger partial charge in [0.25, 0.3) is 10.0 Å². The number of amidine groups is 1. The Balaban J connectivity index is 1.37. The summed E-state index contributed by atoms with van der Waals surface area (Å²) in [5, 5.41) is 2.81. The van der Waals surface area contributed by atoms with E-state index >= 15 is 0 Å². The quantitative estimate of drug-likeness (QED) is 0.635. The van der Waals surface area contributed by atoms with Crippen LogP contribution in [-0.2, 0) is 24.3 Å². The minimum atomic E-state index is -3.54.